The highest BCUT2D eigenvalue weighted by atomic mass is 16.7. The first-order chi connectivity index (χ1) is 12.1. The topological polar surface area (TPSA) is 62.1 Å². The number of aliphatic hydroxyl groups excluding tert-OH is 1. The maximum Gasteiger partial charge on any atom is 0.254 e. The first-order valence-electron chi connectivity index (χ1n) is 10.2. The fourth-order valence-corrected chi connectivity index (χ4v) is 3.19. The fourth-order valence-electron chi connectivity index (χ4n) is 3.19. The Morgan fingerprint density at radius 2 is 1.84 bits per heavy atom. The molecule has 0 aliphatic carbocycles. The zero-order chi connectivity index (χ0) is 18.5. The minimum atomic E-state index is -0.520. The van der Waals surface area contributed by atoms with Crippen molar-refractivity contribution in [2.45, 2.75) is 91.1 Å². The predicted octanol–water partition coefficient (Wildman–Crippen LogP) is 4.14. The van der Waals surface area contributed by atoms with Crippen molar-refractivity contribution >= 4 is 11.6 Å². The summed E-state index contributed by atoms with van der Waals surface area (Å²) in [5, 5.41) is 11.2. The van der Waals surface area contributed by atoms with E-state index in [1.807, 2.05) is 6.92 Å². The molecule has 0 aromatic carbocycles. The van der Waals surface area contributed by atoms with E-state index >= 15 is 0 Å². The first kappa shape index (κ1) is 22.1. The monoisotopic (exact) mass is 354 g/mol. The number of unbranched alkanes of at least 4 members (excludes halogenated alkanes) is 7. The summed E-state index contributed by atoms with van der Waals surface area (Å²) in [4.78, 5) is 23.0. The van der Waals surface area contributed by atoms with E-state index in [0.717, 1.165) is 25.0 Å². The van der Waals surface area contributed by atoms with E-state index in [-0.39, 0.29) is 11.8 Å². The molecule has 0 saturated heterocycles. The van der Waals surface area contributed by atoms with Gasteiger partial charge < -0.3 is 5.11 Å². The Hall–Kier alpha value is -0.940. The van der Waals surface area contributed by atoms with Crippen molar-refractivity contribution in [3.05, 3.63) is 0 Å². The summed E-state index contributed by atoms with van der Waals surface area (Å²) in [5.41, 5.74) is 0.811. The average Bonchev–Trinajstić information content (AvgIpc) is 2.58. The van der Waals surface area contributed by atoms with Crippen LogP contribution in [0.25, 0.3) is 0 Å². The molecular weight excluding hydrogens is 316 g/mol. The number of aliphatic imine (C=N–C) groups is 1. The Labute approximate surface area is 153 Å². The Bertz CT molecular complexity index is 396. The maximum atomic E-state index is 12.7. The number of hydrogen-bond acceptors (Lipinski definition) is 4. The quantitative estimate of drug-likeness (QED) is 0.536. The van der Waals surface area contributed by atoms with Gasteiger partial charge in [-0.25, -0.2) is 5.06 Å². The van der Waals surface area contributed by atoms with Crippen molar-refractivity contribution in [3.63, 3.8) is 0 Å². The first-order valence-corrected chi connectivity index (χ1v) is 10.2. The minimum Gasteiger partial charge on any atom is -0.393 e. The largest absolute Gasteiger partial charge is 0.393 e. The minimum absolute atomic E-state index is 0.0542. The molecule has 2 unspecified atom stereocenters. The Kier molecular flexibility index (Phi) is 11.7. The van der Waals surface area contributed by atoms with Gasteiger partial charge >= 0.3 is 0 Å². The van der Waals surface area contributed by atoms with Crippen molar-refractivity contribution < 1.29 is 14.7 Å². The molecule has 0 spiro atoms. The lowest BCUT2D eigenvalue weighted by atomic mass is 9.95. The molecular formula is C20H38N2O3. The lowest BCUT2D eigenvalue weighted by molar-refractivity contribution is -0.190. The van der Waals surface area contributed by atoms with Gasteiger partial charge in [0.1, 0.15) is 0 Å². The molecule has 1 heterocycles. The van der Waals surface area contributed by atoms with E-state index in [9.17, 15) is 9.90 Å². The van der Waals surface area contributed by atoms with Gasteiger partial charge in [0.15, 0.2) is 0 Å². The molecule has 5 heteroatoms. The van der Waals surface area contributed by atoms with Crippen LogP contribution in [0.2, 0.25) is 0 Å². The number of carbonyl (C=O) groups is 1. The summed E-state index contributed by atoms with van der Waals surface area (Å²) in [5.74, 6) is -0.416. The standard InChI is InChI=1S/C20H38N2O3/c1-4-5-6-7-8-9-10-11-15-25-22-14-12-13-21-18(3)19(20(22)24)16-17(2)23/h17,19,23H,4-16H2,1-3H3. The van der Waals surface area contributed by atoms with Crippen molar-refractivity contribution in [2.75, 3.05) is 19.7 Å². The second kappa shape index (κ2) is 13.3. The van der Waals surface area contributed by atoms with Crippen LogP contribution >= 0.6 is 0 Å². The van der Waals surface area contributed by atoms with Crippen LogP contribution in [0.5, 0.6) is 0 Å². The molecule has 5 nitrogen and oxygen atoms in total. The van der Waals surface area contributed by atoms with E-state index in [1.165, 1.54) is 43.6 Å². The third kappa shape index (κ3) is 9.36. The number of amides is 1. The molecule has 25 heavy (non-hydrogen) atoms. The van der Waals surface area contributed by atoms with Gasteiger partial charge in [-0.15, -0.1) is 0 Å². The molecule has 1 rings (SSSR count). The third-order valence-electron chi connectivity index (χ3n) is 4.75. The van der Waals surface area contributed by atoms with Crippen LogP contribution in [0, 0.1) is 5.92 Å². The van der Waals surface area contributed by atoms with E-state index in [0.29, 0.717) is 26.1 Å². The van der Waals surface area contributed by atoms with Crippen LogP contribution < -0.4 is 0 Å². The number of hydroxylamine groups is 2. The fraction of sp³-hybridized carbons (Fsp3) is 0.900. The van der Waals surface area contributed by atoms with Crippen molar-refractivity contribution in [1.29, 1.82) is 0 Å². The van der Waals surface area contributed by atoms with Gasteiger partial charge in [0.2, 0.25) is 0 Å². The zero-order valence-electron chi connectivity index (χ0n) is 16.5. The van der Waals surface area contributed by atoms with E-state index in [1.54, 1.807) is 6.92 Å². The lowest BCUT2D eigenvalue weighted by Crippen LogP contribution is -2.42. The van der Waals surface area contributed by atoms with Crippen LogP contribution in [-0.4, -0.2) is 47.6 Å². The Morgan fingerprint density at radius 3 is 2.48 bits per heavy atom. The van der Waals surface area contributed by atoms with Gasteiger partial charge in [-0.2, -0.15) is 0 Å². The van der Waals surface area contributed by atoms with Crippen molar-refractivity contribution in [2.24, 2.45) is 10.9 Å². The molecule has 146 valence electrons. The van der Waals surface area contributed by atoms with Gasteiger partial charge in [-0.3, -0.25) is 14.6 Å². The van der Waals surface area contributed by atoms with E-state index < -0.39 is 6.10 Å². The van der Waals surface area contributed by atoms with Gasteiger partial charge in [0.25, 0.3) is 5.91 Å². The highest BCUT2D eigenvalue weighted by molar-refractivity contribution is 6.02. The maximum absolute atomic E-state index is 12.7. The predicted molar refractivity (Wildman–Crippen MR) is 103 cm³/mol. The van der Waals surface area contributed by atoms with Crippen LogP contribution in [0.4, 0.5) is 0 Å². The molecule has 0 saturated carbocycles. The summed E-state index contributed by atoms with van der Waals surface area (Å²) in [6, 6.07) is 0. The summed E-state index contributed by atoms with van der Waals surface area (Å²) >= 11 is 0. The van der Waals surface area contributed by atoms with Crippen molar-refractivity contribution in [1.82, 2.24) is 5.06 Å². The summed E-state index contributed by atoms with van der Waals surface area (Å²) < 4.78 is 0. The summed E-state index contributed by atoms with van der Waals surface area (Å²) in [7, 11) is 0. The molecule has 0 bridgehead atoms. The van der Waals surface area contributed by atoms with Crippen molar-refractivity contribution in [3.8, 4) is 0 Å². The number of hydrogen-bond donors (Lipinski definition) is 1. The number of carbonyl (C=O) groups excluding carboxylic acids is 1. The molecule has 1 aliphatic rings. The molecule has 2 atom stereocenters. The second-order valence-electron chi connectivity index (χ2n) is 7.26. The molecule has 1 aliphatic heterocycles. The van der Waals surface area contributed by atoms with E-state index in [2.05, 4.69) is 11.9 Å². The molecule has 0 aromatic rings. The number of aliphatic hydroxyl groups is 1. The summed E-state index contributed by atoms with van der Waals surface area (Å²) in [6.45, 7) is 7.73. The van der Waals surface area contributed by atoms with E-state index in [4.69, 9.17) is 4.84 Å². The van der Waals surface area contributed by atoms with Gasteiger partial charge in [-0.1, -0.05) is 51.9 Å². The van der Waals surface area contributed by atoms with Crippen LogP contribution in [0.15, 0.2) is 4.99 Å². The Morgan fingerprint density at radius 1 is 1.20 bits per heavy atom. The number of rotatable bonds is 12. The smallest absolute Gasteiger partial charge is 0.254 e. The highest BCUT2D eigenvalue weighted by Crippen LogP contribution is 2.17. The average molecular weight is 355 g/mol. The summed E-state index contributed by atoms with van der Waals surface area (Å²) in [6.07, 6.45) is 10.7. The lowest BCUT2D eigenvalue weighted by Gasteiger charge is -2.29. The molecule has 1 amide bonds. The van der Waals surface area contributed by atoms with Crippen LogP contribution in [0.3, 0.4) is 0 Å². The Balaban J connectivity index is 2.31. The number of nitrogens with zero attached hydrogens (tertiary/aromatic N) is 2. The second-order valence-corrected chi connectivity index (χ2v) is 7.26. The van der Waals surface area contributed by atoms with Gasteiger partial charge in [-0.05, 0) is 33.1 Å². The molecule has 1 N–H and O–H groups in total. The molecule has 0 radical (unpaired) electrons. The normalized spacial score (nSPS) is 20.2. The third-order valence-corrected chi connectivity index (χ3v) is 4.75. The van der Waals surface area contributed by atoms with Gasteiger partial charge in [0, 0.05) is 12.3 Å². The van der Waals surface area contributed by atoms with Gasteiger partial charge in [0.05, 0.1) is 25.2 Å². The zero-order valence-corrected chi connectivity index (χ0v) is 16.5. The highest BCUT2D eigenvalue weighted by Gasteiger charge is 2.29. The van der Waals surface area contributed by atoms with Crippen LogP contribution in [-0.2, 0) is 9.63 Å². The van der Waals surface area contributed by atoms with Crippen LogP contribution in [0.1, 0.15) is 85.0 Å². The molecule has 0 fully saturated rings. The SMILES string of the molecule is CCCCCCCCCCON1CCCN=C(C)C(CC(C)O)C1=O. The molecule has 0 aromatic heterocycles.